The molecule has 0 amide bonds. The molecule has 2 aromatic rings. The highest BCUT2D eigenvalue weighted by molar-refractivity contribution is 14.1. The van der Waals surface area contributed by atoms with Gasteiger partial charge < -0.3 is 185 Å². The van der Waals surface area contributed by atoms with Crippen LogP contribution in [-0.2, 0) is 182 Å². The first-order chi connectivity index (χ1) is 64.8. The van der Waals surface area contributed by atoms with Crippen LogP contribution < -0.4 is 9.47 Å². The van der Waals surface area contributed by atoms with Crippen LogP contribution in [-0.4, -0.2) is 494 Å². The molecular weight excluding hydrogens is 2190 g/mol. The Labute approximate surface area is 830 Å². The molecule has 0 aromatic heterocycles. The zero-order valence-corrected chi connectivity index (χ0v) is 85.9. The van der Waals surface area contributed by atoms with Crippen molar-refractivity contribution < 1.29 is 190 Å². The van der Waals surface area contributed by atoms with Gasteiger partial charge in [0.1, 0.15) is 18.1 Å². The summed E-state index contributed by atoms with van der Waals surface area (Å²) in [5.74, 6) is 1.24. The van der Waals surface area contributed by atoms with Gasteiger partial charge in [-0.05, 0) is 120 Å². The summed E-state index contributed by atoms with van der Waals surface area (Å²) < 4.78 is 214. The van der Waals surface area contributed by atoms with Crippen LogP contribution in [0.5, 0.6) is 17.2 Å². The van der Waals surface area contributed by atoms with Crippen LogP contribution in [0.4, 0.5) is 0 Å². The molecule has 0 bridgehead atoms. The number of methoxy groups -OCH3 is 1. The molecule has 0 aliphatic heterocycles. The largest absolute Gasteiger partial charge is 0.489 e. The minimum absolute atomic E-state index is 0.0395. The molecule has 40 nitrogen and oxygen atoms in total. The molecule has 0 unspecified atom stereocenters. The summed E-state index contributed by atoms with van der Waals surface area (Å²) in [6, 6.07) is 7.48. The zero-order chi connectivity index (χ0) is 93.5. The molecule has 1 N–H and O–H groups in total. The highest BCUT2D eigenvalue weighted by atomic mass is 127. The molecule has 0 radical (unpaired) electrons. The fraction of sp³-hybridized carbons (Fsp3) is 0.851. The van der Waals surface area contributed by atoms with Crippen molar-refractivity contribution in [2.75, 3.05) is 483 Å². The Morgan fingerprint density at radius 3 is 0.443 bits per heavy atom. The van der Waals surface area contributed by atoms with Crippen molar-refractivity contribution in [1.29, 1.82) is 0 Å². The van der Waals surface area contributed by atoms with Gasteiger partial charge in [-0.1, -0.05) is 0 Å². The first-order valence-electron chi connectivity index (χ1n) is 45.0. The molecule has 0 fully saturated rings. The van der Waals surface area contributed by atoms with Crippen molar-refractivity contribution in [2.24, 2.45) is 0 Å². The summed E-state index contributed by atoms with van der Waals surface area (Å²) in [7, 11) is 1.64. The zero-order valence-electron chi connectivity index (χ0n) is 77.3. The maximum Gasteiger partial charge on any atom is 0.307 e. The topological polar surface area (TPSA) is 388 Å². The third-order valence-electron chi connectivity index (χ3n) is 16.2. The lowest BCUT2D eigenvalue weighted by Gasteiger charge is -2.15. The van der Waals surface area contributed by atoms with Crippen LogP contribution in [0.2, 0.25) is 0 Å². The van der Waals surface area contributed by atoms with E-state index in [1.165, 1.54) is 0 Å². The lowest BCUT2D eigenvalue weighted by Crippen LogP contribution is -2.16. The van der Waals surface area contributed by atoms with Crippen LogP contribution in [0.25, 0.3) is 0 Å². The maximum absolute atomic E-state index is 11.1. The Bertz CT molecular complexity index is 2580. The summed E-state index contributed by atoms with van der Waals surface area (Å²) in [6.45, 7) is 34.4. The Balaban J connectivity index is 1.10. The fourth-order valence-corrected chi connectivity index (χ4v) is 13.9. The molecule has 0 spiro atoms. The number of halogens is 4. The second-order valence-electron chi connectivity index (χ2n) is 26.6. The number of benzene rings is 2. The van der Waals surface area contributed by atoms with Gasteiger partial charge >= 0.3 is 5.97 Å². The van der Waals surface area contributed by atoms with Crippen molar-refractivity contribution in [3.8, 4) is 17.2 Å². The minimum Gasteiger partial charge on any atom is -0.489 e. The van der Waals surface area contributed by atoms with Gasteiger partial charge in [0, 0.05) is 7.11 Å². The molecule has 0 saturated heterocycles. The quantitative estimate of drug-likeness (QED) is 0.0574. The van der Waals surface area contributed by atoms with Crippen LogP contribution in [0.3, 0.4) is 0 Å². The molecule has 0 aliphatic carbocycles. The van der Waals surface area contributed by atoms with E-state index in [1.54, 1.807) is 7.11 Å². The van der Waals surface area contributed by atoms with Gasteiger partial charge in [-0.25, -0.2) is 0 Å². The predicted molar refractivity (Wildman–Crippen MR) is 511 cm³/mol. The minimum atomic E-state index is -0.873. The van der Waals surface area contributed by atoms with Crippen LogP contribution in [0.15, 0.2) is 24.3 Å². The molecule has 770 valence electrons. The lowest BCUT2D eigenvalue weighted by molar-refractivity contribution is -0.136. The number of rotatable bonds is 113. The first-order valence-corrected chi connectivity index (χ1v) is 49.3. The number of hydrogen-bond acceptors (Lipinski definition) is 39. The number of ether oxygens (including phenoxy) is 38. The van der Waals surface area contributed by atoms with Crippen LogP contribution in [0, 0.1) is 14.3 Å². The first kappa shape index (κ1) is 126. The second-order valence-corrected chi connectivity index (χ2v) is 31.2. The van der Waals surface area contributed by atoms with Gasteiger partial charge in [-0.3, -0.25) is 4.79 Å². The highest BCUT2D eigenvalue weighted by Crippen LogP contribution is 2.37. The molecule has 2 aromatic carbocycles. The van der Waals surface area contributed by atoms with E-state index in [0.29, 0.717) is 487 Å². The average Bonchev–Trinajstić information content (AvgIpc) is 0.812. The predicted octanol–water partition coefficient (Wildman–Crippen LogP) is 6.13. The van der Waals surface area contributed by atoms with Gasteiger partial charge in [-0.15, -0.1) is 0 Å². The van der Waals surface area contributed by atoms with Gasteiger partial charge in [-0.2, -0.15) is 0 Å². The summed E-state index contributed by atoms with van der Waals surface area (Å²) >= 11 is 8.78. The molecule has 0 atom stereocenters. The SMILES string of the molecule is COCCOCCOCCOCCOCCOCCOCCOCCOCCOCCOCCOCCOCCOCCOCCOCCOCCOCCOCCOCCOCCOCCOCCOCCOCCOCCOCCOCCOCCOCCOCCOCCOCCOCCOCCOCCOc1c(I)cc(Oc2c(I)cc(CC(=O)O)cc2I)cc1I. The van der Waals surface area contributed by atoms with E-state index in [0.717, 1.165) is 25.6 Å². The van der Waals surface area contributed by atoms with Gasteiger partial charge in [0.05, 0.1) is 490 Å². The molecular formula is C87H154I4O40. The lowest BCUT2D eigenvalue weighted by atomic mass is 10.1. The molecule has 0 aliphatic rings. The van der Waals surface area contributed by atoms with Crippen molar-refractivity contribution >= 4 is 96.3 Å². The van der Waals surface area contributed by atoms with E-state index in [-0.39, 0.29) is 6.42 Å². The highest BCUT2D eigenvalue weighted by Gasteiger charge is 2.16. The van der Waals surface area contributed by atoms with E-state index >= 15 is 0 Å². The van der Waals surface area contributed by atoms with Crippen LogP contribution in [0.1, 0.15) is 5.56 Å². The van der Waals surface area contributed by atoms with Crippen molar-refractivity contribution in [3.05, 3.63) is 44.1 Å². The van der Waals surface area contributed by atoms with Gasteiger partial charge in [0.15, 0.2) is 5.75 Å². The van der Waals surface area contributed by atoms with Crippen molar-refractivity contribution in [2.45, 2.75) is 6.42 Å². The van der Waals surface area contributed by atoms with Crippen molar-refractivity contribution in [1.82, 2.24) is 0 Å². The maximum atomic E-state index is 11.1. The monoisotopic (exact) mass is 2350 g/mol. The van der Waals surface area contributed by atoms with E-state index < -0.39 is 5.97 Å². The third kappa shape index (κ3) is 93.7. The van der Waals surface area contributed by atoms with E-state index in [4.69, 9.17) is 185 Å². The van der Waals surface area contributed by atoms with E-state index in [9.17, 15) is 4.79 Å². The Kier molecular flexibility index (Phi) is 102. The number of carboxylic acids is 1. The Morgan fingerprint density at radius 1 is 0.191 bits per heavy atom. The smallest absolute Gasteiger partial charge is 0.307 e. The third-order valence-corrected chi connectivity index (χ3v) is 19.4. The average molecular weight is 2350 g/mol. The van der Waals surface area contributed by atoms with E-state index in [1.807, 2.05) is 24.3 Å². The summed E-state index contributed by atoms with van der Waals surface area (Å²) in [5.41, 5.74) is 0.727. The summed E-state index contributed by atoms with van der Waals surface area (Å²) in [5, 5.41) is 9.15. The van der Waals surface area contributed by atoms with Crippen molar-refractivity contribution in [3.63, 3.8) is 0 Å². The standard InChI is InChI=1S/C87H154I4O40/c1-94-2-3-95-4-5-96-6-7-97-8-9-98-10-11-99-12-13-100-14-15-101-16-17-102-18-19-103-20-21-104-22-23-105-24-25-106-26-27-107-28-29-108-30-31-109-32-33-110-34-35-111-36-37-112-38-39-113-40-41-114-42-43-115-44-45-116-46-47-117-48-49-118-50-51-119-52-53-120-54-55-121-56-57-122-58-59-123-60-61-124-62-63-125-64-65-126-66-67-127-68-69-128-70-71-129-72-73-130-86-83(90)77-80(78-84(86)91)131-87-81(88)74-79(75-82(87)89)76-85(92)93/h74-75,77-78H,2-73,76H2,1H3,(H,92,93). The second kappa shape index (κ2) is 106. The normalized spacial score (nSPS) is 11.7. The Hall–Kier alpha value is -1.01. The number of carboxylic acid groups (broad SMARTS) is 1. The van der Waals surface area contributed by atoms with Gasteiger partial charge in [0.2, 0.25) is 0 Å². The summed E-state index contributed by atoms with van der Waals surface area (Å²) in [6.07, 6.45) is -0.0395. The fourth-order valence-electron chi connectivity index (χ4n) is 9.76. The molecule has 0 heterocycles. The van der Waals surface area contributed by atoms with E-state index in [2.05, 4.69) is 90.4 Å². The van der Waals surface area contributed by atoms with Crippen LogP contribution >= 0.6 is 90.4 Å². The molecule has 0 saturated carbocycles. The Morgan fingerprint density at radius 2 is 0.313 bits per heavy atom. The summed E-state index contributed by atoms with van der Waals surface area (Å²) in [4.78, 5) is 11.1. The number of carbonyl (C=O) groups is 1. The molecule has 2 rings (SSSR count). The molecule has 131 heavy (non-hydrogen) atoms. The number of hydrogen-bond donors (Lipinski definition) is 1. The number of aliphatic carboxylic acids is 1. The molecule has 44 heteroatoms. The van der Waals surface area contributed by atoms with Gasteiger partial charge in [0.25, 0.3) is 0 Å².